The minimum Gasteiger partial charge on any atom is -0.497 e. The van der Waals surface area contributed by atoms with E-state index in [1.54, 1.807) is 12.1 Å². The van der Waals surface area contributed by atoms with E-state index in [1.165, 1.54) is 43.5 Å². The summed E-state index contributed by atoms with van der Waals surface area (Å²) in [6, 6.07) is 14.3. The van der Waals surface area contributed by atoms with E-state index < -0.39 is 35.6 Å². The highest BCUT2D eigenvalue weighted by Crippen LogP contribution is 2.33. The highest BCUT2D eigenvalue weighted by molar-refractivity contribution is 7.92. The van der Waals surface area contributed by atoms with Crippen LogP contribution in [0.2, 0.25) is 0 Å². The standard InChI is InChI=1S/C19H17N3O8S2/c1-29-14-4-2-13(3-5-14)21-32(27,28)16-8-6-15(7-9-16)30-19-11-10-17(31(20,25)26)12-18(19)22(23)24/h2-12,21H,1H3,(H2,20,25,26). The molecule has 0 aromatic heterocycles. The van der Waals surface area contributed by atoms with E-state index >= 15 is 0 Å². The van der Waals surface area contributed by atoms with Gasteiger partial charge in [0.25, 0.3) is 10.0 Å². The molecule has 0 saturated heterocycles. The lowest BCUT2D eigenvalue weighted by Gasteiger charge is -2.10. The molecule has 11 nitrogen and oxygen atoms in total. The monoisotopic (exact) mass is 479 g/mol. The predicted molar refractivity (Wildman–Crippen MR) is 115 cm³/mol. The van der Waals surface area contributed by atoms with Crippen molar-refractivity contribution in [1.29, 1.82) is 0 Å². The van der Waals surface area contributed by atoms with Crippen LogP contribution >= 0.6 is 0 Å². The predicted octanol–water partition coefficient (Wildman–Crippen LogP) is 2.84. The number of methoxy groups -OCH3 is 1. The number of sulfonamides is 2. The van der Waals surface area contributed by atoms with E-state index in [4.69, 9.17) is 14.6 Å². The van der Waals surface area contributed by atoms with E-state index in [0.29, 0.717) is 11.4 Å². The number of rotatable bonds is 8. The fourth-order valence-electron chi connectivity index (χ4n) is 2.59. The van der Waals surface area contributed by atoms with Crippen molar-refractivity contribution in [1.82, 2.24) is 0 Å². The number of anilines is 1. The van der Waals surface area contributed by atoms with E-state index in [-0.39, 0.29) is 16.4 Å². The van der Waals surface area contributed by atoms with Crippen LogP contribution < -0.4 is 19.3 Å². The Hall–Kier alpha value is -3.68. The highest BCUT2D eigenvalue weighted by Gasteiger charge is 2.21. The molecule has 0 amide bonds. The van der Waals surface area contributed by atoms with Crippen LogP contribution in [-0.4, -0.2) is 28.9 Å². The summed E-state index contributed by atoms with van der Waals surface area (Å²) < 4.78 is 60.8. The zero-order valence-corrected chi connectivity index (χ0v) is 18.1. The van der Waals surface area contributed by atoms with Crippen molar-refractivity contribution in [2.45, 2.75) is 9.79 Å². The normalized spacial score (nSPS) is 11.6. The lowest BCUT2D eigenvalue weighted by atomic mass is 10.3. The lowest BCUT2D eigenvalue weighted by Crippen LogP contribution is -2.12. The molecule has 3 rings (SSSR count). The first-order valence-electron chi connectivity index (χ1n) is 8.75. The summed E-state index contributed by atoms with van der Waals surface area (Å²) in [4.78, 5) is 9.96. The summed E-state index contributed by atoms with van der Waals surface area (Å²) in [5, 5.41) is 16.3. The second-order valence-corrected chi connectivity index (χ2v) is 9.58. The van der Waals surface area contributed by atoms with Gasteiger partial charge in [-0.05, 0) is 60.7 Å². The summed E-state index contributed by atoms with van der Waals surface area (Å²) in [6.45, 7) is 0. The Morgan fingerprint density at radius 1 is 0.875 bits per heavy atom. The van der Waals surface area contributed by atoms with Crippen molar-refractivity contribution in [3.8, 4) is 17.2 Å². The third-order valence-corrected chi connectivity index (χ3v) is 6.47. The first kappa shape index (κ1) is 23.0. The minimum atomic E-state index is -4.14. The van der Waals surface area contributed by atoms with Gasteiger partial charge in [-0.1, -0.05) is 0 Å². The van der Waals surface area contributed by atoms with Crippen LogP contribution in [0, 0.1) is 10.1 Å². The summed E-state index contributed by atoms with van der Waals surface area (Å²) in [6.07, 6.45) is 0. The van der Waals surface area contributed by atoms with E-state index in [9.17, 15) is 26.9 Å². The Morgan fingerprint density at radius 2 is 1.44 bits per heavy atom. The van der Waals surface area contributed by atoms with Crippen LogP contribution in [0.1, 0.15) is 0 Å². The molecule has 0 bridgehead atoms. The van der Waals surface area contributed by atoms with Crippen molar-refractivity contribution in [2.75, 3.05) is 11.8 Å². The summed E-state index contributed by atoms with van der Waals surface area (Å²) in [7, 11) is -6.55. The third kappa shape index (κ3) is 5.32. The van der Waals surface area contributed by atoms with Crippen molar-refractivity contribution in [3.63, 3.8) is 0 Å². The molecule has 0 atom stereocenters. The number of benzene rings is 3. The molecule has 0 radical (unpaired) electrons. The van der Waals surface area contributed by atoms with Crippen LogP contribution in [0.3, 0.4) is 0 Å². The molecule has 0 aliphatic rings. The Bertz CT molecular complexity index is 1350. The van der Waals surface area contributed by atoms with Gasteiger partial charge in [0, 0.05) is 11.8 Å². The van der Waals surface area contributed by atoms with Gasteiger partial charge in [0.2, 0.25) is 15.8 Å². The first-order valence-corrected chi connectivity index (χ1v) is 11.8. The molecular formula is C19H17N3O8S2. The van der Waals surface area contributed by atoms with E-state index in [1.807, 2.05) is 0 Å². The first-order chi connectivity index (χ1) is 15.0. The van der Waals surface area contributed by atoms with E-state index in [0.717, 1.165) is 18.2 Å². The molecule has 32 heavy (non-hydrogen) atoms. The summed E-state index contributed by atoms with van der Waals surface area (Å²) >= 11 is 0. The maximum absolute atomic E-state index is 12.6. The van der Waals surface area contributed by atoms with Crippen molar-refractivity contribution >= 4 is 31.4 Å². The number of nitro benzene ring substituents is 1. The van der Waals surface area contributed by atoms with Crippen LogP contribution in [0.15, 0.2) is 76.5 Å². The van der Waals surface area contributed by atoms with Gasteiger partial charge in [-0.3, -0.25) is 14.8 Å². The number of nitrogens with two attached hydrogens (primary N) is 1. The highest BCUT2D eigenvalue weighted by atomic mass is 32.2. The molecule has 0 fully saturated rings. The molecule has 0 unspecified atom stereocenters. The third-order valence-electron chi connectivity index (χ3n) is 4.16. The SMILES string of the molecule is COc1ccc(NS(=O)(=O)c2ccc(Oc3ccc(S(N)(=O)=O)cc3[N+](=O)[O-])cc2)cc1. The van der Waals surface area contributed by atoms with Gasteiger partial charge < -0.3 is 9.47 Å². The quantitative estimate of drug-likeness (QED) is 0.367. The minimum absolute atomic E-state index is 0.0697. The van der Waals surface area contributed by atoms with Gasteiger partial charge in [0.1, 0.15) is 11.5 Å². The fraction of sp³-hybridized carbons (Fsp3) is 0.0526. The molecule has 0 saturated carbocycles. The van der Waals surface area contributed by atoms with Crippen LogP contribution in [0.4, 0.5) is 11.4 Å². The van der Waals surface area contributed by atoms with E-state index in [2.05, 4.69) is 4.72 Å². The maximum Gasteiger partial charge on any atom is 0.312 e. The van der Waals surface area contributed by atoms with Gasteiger partial charge in [-0.25, -0.2) is 22.0 Å². The van der Waals surface area contributed by atoms with Gasteiger partial charge >= 0.3 is 5.69 Å². The molecule has 3 N–H and O–H groups in total. The van der Waals surface area contributed by atoms with Crippen molar-refractivity contribution in [3.05, 3.63) is 76.8 Å². The molecule has 0 spiro atoms. The molecule has 0 heterocycles. The van der Waals surface area contributed by atoms with Crippen LogP contribution in [-0.2, 0) is 20.0 Å². The Balaban J connectivity index is 1.82. The van der Waals surface area contributed by atoms with Gasteiger partial charge in [-0.15, -0.1) is 0 Å². The average molecular weight is 479 g/mol. The van der Waals surface area contributed by atoms with Gasteiger partial charge in [-0.2, -0.15) is 0 Å². The molecular weight excluding hydrogens is 462 g/mol. The topological polar surface area (TPSA) is 168 Å². The average Bonchev–Trinajstić information content (AvgIpc) is 2.74. The van der Waals surface area contributed by atoms with Gasteiger partial charge in [0.05, 0.1) is 21.8 Å². The number of hydrogen-bond donors (Lipinski definition) is 2. The second-order valence-electron chi connectivity index (χ2n) is 6.34. The molecule has 3 aromatic carbocycles. The lowest BCUT2D eigenvalue weighted by molar-refractivity contribution is -0.385. The summed E-state index contributed by atoms with van der Waals surface area (Å²) in [5.41, 5.74) is -0.286. The zero-order valence-electron chi connectivity index (χ0n) is 16.5. The number of nitro groups is 1. The Morgan fingerprint density at radius 3 is 1.97 bits per heavy atom. The molecule has 0 aliphatic carbocycles. The number of primary sulfonamides is 1. The number of hydrogen-bond acceptors (Lipinski definition) is 8. The largest absolute Gasteiger partial charge is 0.497 e. The molecule has 13 heteroatoms. The van der Waals surface area contributed by atoms with Crippen LogP contribution in [0.25, 0.3) is 0 Å². The fourth-order valence-corrected chi connectivity index (χ4v) is 4.18. The van der Waals surface area contributed by atoms with Crippen molar-refractivity contribution < 1.29 is 31.2 Å². The molecule has 3 aromatic rings. The smallest absolute Gasteiger partial charge is 0.312 e. The molecule has 168 valence electrons. The Labute approximate surface area is 183 Å². The van der Waals surface area contributed by atoms with Gasteiger partial charge in [0.15, 0.2) is 0 Å². The second kappa shape index (κ2) is 8.82. The summed E-state index contributed by atoms with van der Waals surface area (Å²) in [5.74, 6) is 0.426. The van der Waals surface area contributed by atoms with Crippen LogP contribution in [0.5, 0.6) is 17.2 Å². The number of nitrogens with one attached hydrogen (secondary N) is 1. The number of nitrogens with zero attached hydrogens (tertiary/aromatic N) is 1. The van der Waals surface area contributed by atoms with Crippen molar-refractivity contribution in [2.24, 2.45) is 5.14 Å². The Kier molecular flexibility index (Phi) is 6.34. The zero-order chi connectivity index (χ0) is 23.5. The number of ether oxygens (including phenoxy) is 2. The maximum atomic E-state index is 12.6. The molecule has 0 aliphatic heterocycles.